The van der Waals surface area contributed by atoms with Crippen LogP contribution < -0.4 is 9.47 Å². The highest BCUT2D eigenvalue weighted by molar-refractivity contribution is 5.93. The first kappa shape index (κ1) is 41.8. The van der Waals surface area contributed by atoms with E-state index in [9.17, 15) is 81.1 Å². The van der Waals surface area contributed by atoms with Crippen LogP contribution in [0.15, 0.2) is 72.8 Å². The maximum Gasteiger partial charge on any atom is 0.338 e. The van der Waals surface area contributed by atoms with E-state index in [0.717, 1.165) is 60.7 Å². The van der Waals surface area contributed by atoms with E-state index in [1.807, 2.05) is 0 Å². The Balaban J connectivity index is 1.19. The van der Waals surface area contributed by atoms with Crippen LogP contribution in [0.3, 0.4) is 0 Å². The Hall–Kier alpha value is -8.94. The molecule has 4 atom stereocenters. The van der Waals surface area contributed by atoms with Crippen LogP contribution in [0, 0.1) is 0 Å². The van der Waals surface area contributed by atoms with Crippen molar-refractivity contribution >= 4 is 11.9 Å². The quantitative estimate of drug-likeness (QED) is 0.0737. The van der Waals surface area contributed by atoms with Crippen LogP contribution in [0.2, 0.25) is 0 Å². The van der Waals surface area contributed by atoms with Gasteiger partial charge in [-0.1, -0.05) is 12.1 Å². The second kappa shape index (κ2) is 15.5. The van der Waals surface area contributed by atoms with Gasteiger partial charge in [0.25, 0.3) is 0 Å². The van der Waals surface area contributed by atoms with E-state index in [4.69, 9.17) is 18.9 Å². The Morgan fingerprint density at radius 3 is 1.08 bits per heavy atom. The third-order valence-electron chi connectivity index (χ3n) is 10.7. The molecule has 14 N–H and O–H groups in total. The van der Waals surface area contributed by atoms with E-state index in [2.05, 4.69) is 0 Å². The molecule has 0 saturated carbocycles. The number of rotatable bonds is 7. The summed E-state index contributed by atoms with van der Waals surface area (Å²) >= 11 is 0. The number of carbonyl (C=O) groups excluding carboxylic acids is 2. The molecule has 0 fully saturated rings. The molecule has 0 aromatic heterocycles. The lowest BCUT2D eigenvalue weighted by Crippen LogP contribution is -2.35. The molecule has 0 unspecified atom stereocenters. The number of ether oxygens (including phenoxy) is 4. The van der Waals surface area contributed by atoms with Gasteiger partial charge in [0.05, 0.1) is 22.3 Å². The maximum atomic E-state index is 13.4. The first-order valence-electron chi connectivity index (χ1n) is 18.8. The highest BCUT2D eigenvalue weighted by atomic mass is 16.6. The smallest absolute Gasteiger partial charge is 0.338 e. The number of hydrogen-bond donors (Lipinski definition) is 14. The lowest BCUT2D eigenvalue weighted by molar-refractivity contribution is -0.0192. The third-order valence-corrected chi connectivity index (χ3v) is 10.7. The lowest BCUT2D eigenvalue weighted by atomic mass is 9.87. The van der Waals surface area contributed by atoms with E-state index in [1.54, 1.807) is 0 Å². The Morgan fingerprint density at radius 2 is 0.750 bits per heavy atom. The van der Waals surface area contributed by atoms with E-state index in [-0.39, 0.29) is 33.8 Å². The second-order valence-electron chi connectivity index (χ2n) is 14.8. The van der Waals surface area contributed by atoms with Crippen molar-refractivity contribution in [2.24, 2.45) is 0 Å². The van der Waals surface area contributed by atoms with Crippen molar-refractivity contribution < 1.29 is 100 Å². The molecule has 330 valence electrons. The minimum absolute atomic E-state index is 0.123. The fourth-order valence-electron chi connectivity index (χ4n) is 7.55. The van der Waals surface area contributed by atoms with Gasteiger partial charge in [-0.3, -0.25) is 0 Å². The largest absolute Gasteiger partial charge is 0.507 e. The molecule has 0 bridgehead atoms. The molecule has 64 heavy (non-hydrogen) atoms. The molecular weight excluding hydrogens is 848 g/mol. The van der Waals surface area contributed by atoms with Crippen LogP contribution in [-0.2, 0) is 22.3 Å². The molecule has 0 aliphatic carbocycles. The van der Waals surface area contributed by atoms with Crippen molar-refractivity contribution in [3.8, 4) is 103 Å². The first-order valence-corrected chi connectivity index (χ1v) is 18.8. The summed E-state index contributed by atoms with van der Waals surface area (Å²) in [4.78, 5) is 26.8. The maximum absolute atomic E-state index is 13.4. The van der Waals surface area contributed by atoms with E-state index in [1.165, 1.54) is 12.1 Å². The summed E-state index contributed by atoms with van der Waals surface area (Å²) < 4.78 is 23.7. The molecule has 20 nitrogen and oxygen atoms in total. The van der Waals surface area contributed by atoms with E-state index < -0.39 is 152 Å². The number of aromatic hydroxyl groups is 14. The molecule has 0 saturated heterocycles. The molecule has 0 radical (unpaired) electrons. The second-order valence-corrected chi connectivity index (χ2v) is 14.8. The Bertz CT molecular complexity index is 2680. The molecule has 0 amide bonds. The third kappa shape index (κ3) is 7.23. The summed E-state index contributed by atoms with van der Waals surface area (Å²) in [6.07, 6.45) is -6.42. The first-order chi connectivity index (χ1) is 30.3. The molecule has 20 heteroatoms. The van der Waals surface area contributed by atoms with Gasteiger partial charge >= 0.3 is 11.9 Å². The van der Waals surface area contributed by atoms with Crippen molar-refractivity contribution in [2.75, 3.05) is 0 Å². The van der Waals surface area contributed by atoms with Gasteiger partial charge in [0.2, 0.25) is 0 Å². The molecule has 2 aliphatic heterocycles. The predicted octanol–water partition coefficient (Wildman–Crippen LogP) is 5.04. The zero-order valence-electron chi connectivity index (χ0n) is 32.4. The normalized spacial score (nSPS) is 17.6. The molecular formula is C44H34O20. The van der Waals surface area contributed by atoms with Crippen molar-refractivity contribution in [1.82, 2.24) is 0 Å². The highest BCUT2D eigenvalue weighted by Gasteiger charge is 2.41. The summed E-state index contributed by atoms with van der Waals surface area (Å²) in [7, 11) is 0. The van der Waals surface area contributed by atoms with Gasteiger partial charge < -0.3 is 90.4 Å². The molecule has 2 aliphatic rings. The monoisotopic (exact) mass is 882 g/mol. The van der Waals surface area contributed by atoms with E-state index >= 15 is 0 Å². The average Bonchev–Trinajstić information content (AvgIpc) is 3.24. The van der Waals surface area contributed by atoms with Crippen molar-refractivity contribution in [3.05, 3.63) is 106 Å². The number of phenols is 14. The molecule has 2 heterocycles. The van der Waals surface area contributed by atoms with Gasteiger partial charge in [0, 0.05) is 47.2 Å². The molecule has 0 spiro atoms. The zero-order valence-corrected chi connectivity index (χ0v) is 32.4. The number of benzene rings is 6. The standard InChI is InChI=1S/C44H34O20/c45-21-3-1-15(5-23(21)47)41-33(63-43(59)17-7-27(51)39(57)28(52)8-17)11-19-31(61-41)13-25(49)35(37(19)55)36-26(50)14-32-20(38(36)56)12-34(42(62-32)16-2-4-22(46)24(48)6-16)64-44(60)18-9-29(53)40(58)30(54)10-18/h1-10,13-14,33-34,41-42,45-58H,11-12H2/t33-,34-,41-,42-/m1/s1. The number of fused-ring (bicyclic) bond motifs is 2. The summed E-state index contributed by atoms with van der Waals surface area (Å²) in [5.41, 5.74) is -2.08. The average molecular weight is 883 g/mol. The summed E-state index contributed by atoms with van der Waals surface area (Å²) in [6, 6.07) is 12.3. The fourth-order valence-corrected chi connectivity index (χ4v) is 7.55. The number of carbonyl (C=O) groups is 2. The predicted molar refractivity (Wildman–Crippen MR) is 214 cm³/mol. The molecule has 6 aromatic carbocycles. The Labute approximate surface area is 358 Å². The van der Waals surface area contributed by atoms with Crippen LogP contribution in [-0.4, -0.2) is 95.6 Å². The number of phenolic OH excluding ortho intramolecular Hbond substituents is 14. The van der Waals surface area contributed by atoms with Crippen LogP contribution in [0.1, 0.15) is 55.2 Å². The summed E-state index contributed by atoms with van der Waals surface area (Å²) in [5, 5.41) is 147. The van der Waals surface area contributed by atoms with Crippen LogP contribution >= 0.6 is 0 Å². The van der Waals surface area contributed by atoms with Gasteiger partial charge in [0.1, 0.15) is 46.7 Å². The number of esters is 2. The van der Waals surface area contributed by atoms with Crippen LogP contribution in [0.4, 0.5) is 0 Å². The SMILES string of the molecule is O=C(O[C@@H]1Cc2c(cc(O)c(-c3c(O)cc4c(c3O)C[C@@H](OC(=O)c3cc(O)c(O)c(O)c3)[C@@H](c3ccc(O)c(O)c3)O4)c2O)O[C@@H]1c1ccc(O)c(O)c1)c1cc(O)c(O)c(O)c1. The van der Waals surface area contributed by atoms with Gasteiger partial charge in [-0.25, -0.2) is 9.59 Å². The number of hydrogen-bond acceptors (Lipinski definition) is 20. The minimum atomic E-state index is -1.44. The summed E-state index contributed by atoms with van der Waals surface area (Å²) in [6.45, 7) is 0. The fraction of sp³-hybridized carbons (Fsp3) is 0.136. The van der Waals surface area contributed by atoms with Gasteiger partial charge in [-0.15, -0.1) is 0 Å². The van der Waals surface area contributed by atoms with E-state index in [0.29, 0.717) is 0 Å². The topological polar surface area (TPSA) is 354 Å². The van der Waals surface area contributed by atoms with Crippen molar-refractivity contribution in [2.45, 2.75) is 37.3 Å². The van der Waals surface area contributed by atoms with Gasteiger partial charge in [-0.2, -0.15) is 0 Å². The van der Waals surface area contributed by atoms with Gasteiger partial charge in [0.15, 0.2) is 69.7 Å². The Kier molecular flexibility index (Phi) is 10.1. The van der Waals surface area contributed by atoms with Gasteiger partial charge in [-0.05, 0) is 48.5 Å². The Morgan fingerprint density at radius 1 is 0.406 bits per heavy atom. The van der Waals surface area contributed by atoms with Crippen molar-refractivity contribution in [3.63, 3.8) is 0 Å². The van der Waals surface area contributed by atoms with Crippen molar-refractivity contribution in [1.29, 1.82) is 0 Å². The zero-order chi connectivity index (χ0) is 46.0. The van der Waals surface area contributed by atoms with Crippen LogP contribution in [0.5, 0.6) is 92.0 Å². The van der Waals surface area contributed by atoms with Crippen LogP contribution in [0.25, 0.3) is 11.1 Å². The minimum Gasteiger partial charge on any atom is -0.507 e. The highest BCUT2D eigenvalue weighted by Crippen LogP contribution is 2.56. The molecule has 8 rings (SSSR count). The molecule has 6 aromatic rings. The lowest BCUT2D eigenvalue weighted by Gasteiger charge is -2.35. The summed E-state index contributed by atoms with van der Waals surface area (Å²) in [5.74, 6) is -13.4.